The molecule has 29 heavy (non-hydrogen) atoms. The normalized spacial score (nSPS) is 10.3. The van der Waals surface area contributed by atoms with Gasteiger partial charge in [0.2, 0.25) is 0 Å². The van der Waals surface area contributed by atoms with Crippen molar-refractivity contribution >= 4 is 42.4 Å². The fraction of sp³-hybridized carbons (Fsp3) is 0.423. The van der Waals surface area contributed by atoms with Gasteiger partial charge in [-0.15, -0.1) is 0 Å². The summed E-state index contributed by atoms with van der Waals surface area (Å²) in [7, 11) is 0. The standard InChI is InChI=1S/C9H8F2.C9H12.C8H16.Ca/c1-6(2)9-7(10)4-3-5-8(9)11;1-7-4-5-8(2)9(3)6-7;1-5-6-7-8(2,3)4;/h3-5H,1H2,2H3;4-6H,1-3H3;5,7H2,1-4H3;. The third kappa shape index (κ3) is 12.5. The summed E-state index contributed by atoms with van der Waals surface area (Å²) in [5.74, 6) is -1.12. The van der Waals surface area contributed by atoms with Crippen LogP contribution in [0.1, 0.15) is 69.7 Å². The van der Waals surface area contributed by atoms with Crippen LogP contribution < -0.4 is 0 Å². The van der Waals surface area contributed by atoms with Gasteiger partial charge in [-0.2, -0.15) is 0 Å². The van der Waals surface area contributed by atoms with Gasteiger partial charge in [-0.25, -0.2) is 8.78 Å². The minimum Gasteiger partial charge on any atom is -0.0590 e. The zero-order valence-corrected chi connectivity index (χ0v) is 21.8. The molecule has 2 aromatic carbocycles. The maximum Gasteiger partial charge on any atom is -0.0395 e. The summed E-state index contributed by atoms with van der Waals surface area (Å²) < 4.78 is 27.3. The third-order valence-corrected chi connectivity index (χ3v) is 5.50. The molecule has 0 atom stereocenters. The molecule has 0 spiro atoms. The zero-order chi connectivity index (χ0) is 22.8. The molecule has 0 saturated heterocycles. The van der Waals surface area contributed by atoms with Gasteiger partial charge in [0.15, 0.2) is 0 Å². The van der Waals surface area contributed by atoms with Gasteiger partial charge >= 0.3 is 82.8 Å². The van der Waals surface area contributed by atoms with Gasteiger partial charge in [0.05, 0.1) is 0 Å². The summed E-state index contributed by atoms with van der Waals surface area (Å²) in [5.41, 5.74) is 5.01. The van der Waals surface area contributed by atoms with Gasteiger partial charge in [-0.1, -0.05) is 36.4 Å². The van der Waals surface area contributed by atoms with E-state index >= 15 is 0 Å². The molecule has 0 heterocycles. The van der Waals surface area contributed by atoms with Crippen molar-refractivity contribution in [2.75, 3.05) is 0 Å². The number of hydrogen-bond acceptors (Lipinski definition) is 0. The molecule has 0 aliphatic heterocycles. The Balaban J connectivity index is 0.000000409. The molecule has 0 radical (unpaired) electrons. The van der Waals surface area contributed by atoms with Gasteiger partial charge in [0.1, 0.15) is 11.6 Å². The Morgan fingerprint density at radius 3 is 1.76 bits per heavy atom. The van der Waals surface area contributed by atoms with Crippen LogP contribution in [0.15, 0.2) is 43.0 Å². The van der Waals surface area contributed by atoms with Crippen molar-refractivity contribution in [3.63, 3.8) is 0 Å². The molecule has 0 saturated carbocycles. The molecule has 2 rings (SSSR count). The minimum absolute atomic E-state index is 0.0208. The van der Waals surface area contributed by atoms with Gasteiger partial charge in [0.25, 0.3) is 0 Å². The number of halogens is 2. The Labute approximate surface area is 200 Å². The average Bonchev–Trinajstić information content (AvgIpc) is 2.57. The first-order valence-corrected chi connectivity index (χ1v) is 11.2. The zero-order valence-electron chi connectivity index (χ0n) is 19.5. The molecule has 0 aromatic heterocycles. The first-order chi connectivity index (χ1) is 13.3. The number of hydrogen-bond donors (Lipinski definition) is 0. The molecule has 0 aliphatic carbocycles. The largest absolute Gasteiger partial charge is 0.0590 e. The Hall–Kier alpha value is -0.830. The van der Waals surface area contributed by atoms with E-state index in [1.807, 2.05) is 0 Å². The van der Waals surface area contributed by atoms with Crippen LogP contribution >= 0.6 is 0 Å². The van der Waals surface area contributed by atoms with E-state index in [0.29, 0.717) is 11.0 Å². The second-order valence-electron chi connectivity index (χ2n) is 8.81. The predicted molar refractivity (Wildman–Crippen MR) is 127 cm³/mol. The van der Waals surface area contributed by atoms with Crippen LogP contribution in [0.5, 0.6) is 0 Å². The minimum atomic E-state index is -0.558. The summed E-state index contributed by atoms with van der Waals surface area (Å²) in [6.07, 6.45) is 2.61. The number of benzene rings is 2. The Kier molecular flexibility index (Phi) is 13.1. The molecule has 0 fully saturated rings. The average molecular weight is 427 g/mol. The quantitative estimate of drug-likeness (QED) is 0.440. The molecular weight excluding hydrogens is 390 g/mol. The monoisotopic (exact) mass is 426 g/mol. The molecule has 0 amide bonds. The van der Waals surface area contributed by atoms with Crippen LogP contribution in [0, 0.1) is 37.8 Å². The number of rotatable bonds is 3. The molecule has 0 nitrogen and oxygen atoms in total. The van der Waals surface area contributed by atoms with Crippen molar-refractivity contribution in [3.8, 4) is 0 Å². The summed E-state index contributed by atoms with van der Waals surface area (Å²) in [4.78, 5) is 0. The molecule has 2 aromatic rings. The maximum atomic E-state index is 12.8. The van der Waals surface area contributed by atoms with E-state index in [1.165, 1.54) is 83.0 Å². The van der Waals surface area contributed by atoms with Gasteiger partial charge in [0, 0.05) is 5.56 Å². The van der Waals surface area contributed by atoms with E-state index in [2.05, 4.69) is 73.2 Å². The van der Waals surface area contributed by atoms with Crippen molar-refractivity contribution < 1.29 is 8.78 Å². The summed E-state index contributed by atoms with van der Waals surface area (Å²) in [5, 5.41) is 0. The molecule has 3 heteroatoms. The fourth-order valence-electron chi connectivity index (χ4n) is 2.67. The second kappa shape index (κ2) is 13.5. The SMILES string of the molecule is C=C(C)c1c(F)cccc1F.CC[C](=[Ca])CC(C)(C)C.Cc1ccc(C)c(C)c1. The van der Waals surface area contributed by atoms with Crippen molar-refractivity contribution in [3.05, 3.63) is 76.9 Å². The van der Waals surface area contributed by atoms with E-state index in [-0.39, 0.29) is 5.56 Å². The number of aryl methyl sites for hydroxylation is 3. The van der Waals surface area contributed by atoms with E-state index in [0.717, 1.165) is 0 Å². The van der Waals surface area contributed by atoms with Crippen LogP contribution in [-0.4, -0.2) is 36.8 Å². The van der Waals surface area contributed by atoms with Crippen LogP contribution in [0.2, 0.25) is 0 Å². The summed E-state index contributed by atoms with van der Waals surface area (Å²) >= 11 is 1.38. The summed E-state index contributed by atoms with van der Waals surface area (Å²) in [6.45, 7) is 20.6. The number of allylic oxidation sites excluding steroid dienone is 1. The van der Waals surface area contributed by atoms with E-state index < -0.39 is 11.6 Å². The van der Waals surface area contributed by atoms with Crippen molar-refractivity contribution in [2.24, 2.45) is 5.41 Å². The second-order valence-corrected chi connectivity index (χ2v) is 10.4. The molecule has 0 unspecified atom stereocenters. The molecule has 0 N–H and O–H groups in total. The first kappa shape index (κ1) is 28.2. The third-order valence-electron chi connectivity index (χ3n) is 4.33. The van der Waals surface area contributed by atoms with Gasteiger partial charge in [-0.05, 0) is 56.5 Å². The molecular formula is C26H36CaF2. The van der Waals surface area contributed by atoms with E-state index in [4.69, 9.17) is 0 Å². The van der Waals surface area contributed by atoms with Crippen molar-refractivity contribution in [1.29, 1.82) is 0 Å². The smallest absolute Gasteiger partial charge is 0.0395 e. The first-order valence-electron chi connectivity index (χ1n) is 10.1. The van der Waals surface area contributed by atoms with Crippen LogP contribution in [0.25, 0.3) is 5.57 Å². The molecule has 0 aliphatic rings. The van der Waals surface area contributed by atoms with Crippen LogP contribution in [0.3, 0.4) is 0 Å². The topological polar surface area (TPSA) is 0 Å². The van der Waals surface area contributed by atoms with Gasteiger partial charge in [-0.3, -0.25) is 0 Å². The van der Waals surface area contributed by atoms with Crippen molar-refractivity contribution in [2.45, 2.75) is 68.2 Å². The van der Waals surface area contributed by atoms with Crippen molar-refractivity contribution in [1.82, 2.24) is 0 Å². The fourth-order valence-corrected chi connectivity index (χ4v) is 3.84. The Morgan fingerprint density at radius 2 is 1.48 bits per heavy atom. The predicted octanol–water partition coefficient (Wildman–Crippen LogP) is 7.78. The molecule has 0 bridgehead atoms. The van der Waals surface area contributed by atoms with Crippen LogP contribution in [0.4, 0.5) is 8.78 Å². The Morgan fingerprint density at radius 1 is 0.966 bits per heavy atom. The summed E-state index contributed by atoms with van der Waals surface area (Å²) in [6, 6.07) is 10.3. The molecule has 156 valence electrons. The van der Waals surface area contributed by atoms with Crippen LogP contribution in [-0.2, 0) is 0 Å². The van der Waals surface area contributed by atoms with E-state index in [1.54, 1.807) is 8.50 Å². The Bertz CT molecular complexity index is 794. The van der Waals surface area contributed by atoms with Gasteiger partial charge < -0.3 is 0 Å². The maximum absolute atomic E-state index is 12.8. The van der Waals surface area contributed by atoms with E-state index in [9.17, 15) is 8.78 Å².